The first-order chi connectivity index (χ1) is 12.1. The van der Waals surface area contributed by atoms with Gasteiger partial charge in [-0.15, -0.1) is 0 Å². The maximum atomic E-state index is 12.7. The standard InChI is InChI=1S/C19H30N4O2/c1-15-13-23(16(2)12-20-15)14-19(24)22-10-8-21(9-11-22)17-4-6-18(25-3)7-5-17/h4-7,15-16,20H,8-14H2,1-3H3. The molecule has 0 aliphatic carbocycles. The number of carbonyl (C=O) groups excluding carboxylic acids is 1. The molecule has 0 aromatic heterocycles. The number of methoxy groups -OCH3 is 1. The fourth-order valence-electron chi connectivity index (χ4n) is 3.60. The second-order valence-corrected chi connectivity index (χ2v) is 7.15. The summed E-state index contributed by atoms with van der Waals surface area (Å²) in [5, 5.41) is 3.46. The van der Waals surface area contributed by atoms with Crippen molar-refractivity contribution in [2.24, 2.45) is 0 Å². The van der Waals surface area contributed by atoms with Crippen LogP contribution in [0.25, 0.3) is 0 Å². The van der Waals surface area contributed by atoms with Crippen molar-refractivity contribution in [2.45, 2.75) is 25.9 Å². The van der Waals surface area contributed by atoms with Crippen LogP contribution < -0.4 is 15.0 Å². The van der Waals surface area contributed by atoms with Gasteiger partial charge in [-0.3, -0.25) is 9.69 Å². The van der Waals surface area contributed by atoms with Gasteiger partial charge in [-0.05, 0) is 38.1 Å². The van der Waals surface area contributed by atoms with Crippen molar-refractivity contribution in [3.05, 3.63) is 24.3 Å². The van der Waals surface area contributed by atoms with Gasteiger partial charge in [0.1, 0.15) is 5.75 Å². The average molecular weight is 346 g/mol. The van der Waals surface area contributed by atoms with Gasteiger partial charge in [0, 0.05) is 57.0 Å². The third kappa shape index (κ3) is 4.44. The van der Waals surface area contributed by atoms with E-state index in [1.54, 1.807) is 7.11 Å². The molecular weight excluding hydrogens is 316 g/mol. The number of rotatable bonds is 4. The molecule has 25 heavy (non-hydrogen) atoms. The van der Waals surface area contributed by atoms with Crippen LogP contribution in [-0.4, -0.2) is 80.7 Å². The first-order valence-electron chi connectivity index (χ1n) is 9.21. The Labute approximate surface area is 150 Å². The molecule has 2 saturated heterocycles. The molecule has 3 rings (SSSR count). The van der Waals surface area contributed by atoms with Crippen molar-refractivity contribution in [2.75, 3.05) is 57.8 Å². The number of amides is 1. The van der Waals surface area contributed by atoms with Gasteiger partial charge in [-0.25, -0.2) is 0 Å². The minimum Gasteiger partial charge on any atom is -0.497 e. The summed E-state index contributed by atoms with van der Waals surface area (Å²) in [4.78, 5) is 19.3. The molecular formula is C19H30N4O2. The molecule has 0 radical (unpaired) electrons. The lowest BCUT2D eigenvalue weighted by Crippen LogP contribution is -2.58. The van der Waals surface area contributed by atoms with E-state index in [4.69, 9.17) is 4.74 Å². The van der Waals surface area contributed by atoms with Crippen molar-refractivity contribution < 1.29 is 9.53 Å². The molecule has 1 aromatic rings. The van der Waals surface area contributed by atoms with E-state index >= 15 is 0 Å². The molecule has 2 aliphatic heterocycles. The zero-order valence-electron chi connectivity index (χ0n) is 15.6. The van der Waals surface area contributed by atoms with Crippen LogP contribution in [0.5, 0.6) is 5.75 Å². The lowest BCUT2D eigenvalue weighted by molar-refractivity contribution is -0.133. The topological polar surface area (TPSA) is 48.1 Å². The number of piperazine rings is 2. The van der Waals surface area contributed by atoms with E-state index < -0.39 is 0 Å². The molecule has 138 valence electrons. The normalized spacial score (nSPS) is 25.1. The molecule has 0 spiro atoms. The predicted octanol–water partition coefficient (Wildman–Crippen LogP) is 1.03. The van der Waals surface area contributed by atoms with Crippen molar-refractivity contribution in [3.8, 4) is 5.75 Å². The van der Waals surface area contributed by atoms with Crippen LogP contribution in [-0.2, 0) is 4.79 Å². The maximum absolute atomic E-state index is 12.7. The van der Waals surface area contributed by atoms with E-state index in [2.05, 4.69) is 41.1 Å². The van der Waals surface area contributed by atoms with E-state index in [-0.39, 0.29) is 5.91 Å². The minimum atomic E-state index is 0.260. The summed E-state index contributed by atoms with van der Waals surface area (Å²) in [6.07, 6.45) is 0. The van der Waals surface area contributed by atoms with Crippen molar-refractivity contribution >= 4 is 11.6 Å². The molecule has 6 heteroatoms. The second kappa shape index (κ2) is 8.06. The molecule has 6 nitrogen and oxygen atoms in total. The van der Waals surface area contributed by atoms with E-state index in [1.807, 2.05) is 17.0 Å². The Kier molecular flexibility index (Phi) is 5.81. The van der Waals surface area contributed by atoms with Crippen molar-refractivity contribution in [3.63, 3.8) is 0 Å². The number of anilines is 1. The molecule has 1 N–H and O–H groups in total. The zero-order valence-corrected chi connectivity index (χ0v) is 15.6. The van der Waals surface area contributed by atoms with Gasteiger partial charge >= 0.3 is 0 Å². The van der Waals surface area contributed by atoms with E-state index in [1.165, 1.54) is 5.69 Å². The van der Waals surface area contributed by atoms with Crippen LogP contribution in [0.1, 0.15) is 13.8 Å². The Morgan fingerprint density at radius 1 is 1.16 bits per heavy atom. The zero-order chi connectivity index (χ0) is 17.8. The summed E-state index contributed by atoms with van der Waals surface area (Å²) < 4.78 is 5.21. The van der Waals surface area contributed by atoms with E-state index in [0.29, 0.717) is 18.6 Å². The Bertz CT molecular complexity index is 569. The quantitative estimate of drug-likeness (QED) is 0.882. The molecule has 0 saturated carbocycles. The number of ether oxygens (including phenoxy) is 1. The summed E-state index contributed by atoms with van der Waals surface area (Å²) in [5.41, 5.74) is 1.19. The SMILES string of the molecule is COc1ccc(N2CCN(C(=O)CN3CC(C)NCC3C)CC2)cc1. The largest absolute Gasteiger partial charge is 0.497 e. The molecule has 1 aromatic carbocycles. The van der Waals surface area contributed by atoms with Crippen molar-refractivity contribution in [1.29, 1.82) is 0 Å². The number of nitrogens with zero attached hydrogens (tertiary/aromatic N) is 3. The summed E-state index contributed by atoms with van der Waals surface area (Å²) >= 11 is 0. The Morgan fingerprint density at radius 3 is 2.48 bits per heavy atom. The number of carbonyl (C=O) groups is 1. The lowest BCUT2D eigenvalue weighted by Gasteiger charge is -2.40. The fraction of sp³-hybridized carbons (Fsp3) is 0.632. The first-order valence-corrected chi connectivity index (χ1v) is 9.21. The minimum absolute atomic E-state index is 0.260. The number of hydrogen-bond acceptors (Lipinski definition) is 5. The highest BCUT2D eigenvalue weighted by Crippen LogP contribution is 2.20. The van der Waals surface area contributed by atoms with Crippen molar-refractivity contribution in [1.82, 2.24) is 15.1 Å². The van der Waals surface area contributed by atoms with Crippen LogP contribution in [0.4, 0.5) is 5.69 Å². The Morgan fingerprint density at radius 2 is 1.84 bits per heavy atom. The van der Waals surface area contributed by atoms with Crippen LogP contribution >= 0.6 is 0 Å². The van der Waals surface area contributed by atoms with E-state index in [0.717, 1.165) is 45.0 Å². The number of benzene rings is 1. The first kappa shape index (κ1) is 18.0. The highest BCUT2D eigenvalue weighted by atomic mass is 16.5. The van der Waals surface area contributed by atoms with Gasteiger partial charge in [0.05, 0.1) is 13.7 Å². The van der Waals surface area contributed by atoms with Gasteiger partial charge in [0.2, 0.25) is 5.91 Å². The van der Waals surface area contributed by atoms with Crippen LogP contribution in [0, 0.1) is 0 Å². The molecule has 2 atom stereocenters. The smallest absolute Gasteiger partial charge is 0.236 e. The molecule has 1 amide bonds. The van der Waals surface area contributed by atoms with Gasteiger partial charge < -0.3 is 19.9 Å². The second-order valence-electron chi connectivity index (χ2n) is 7.15. The van der Waals surface area contributed by atoms with Gasteiger partial charge in [0.15, 0.2) is 0 Å². The summed E-state index contributed by atoms with van der Waals surface area (Å²) in [5.74, 6) is 1.13. The molecule has 2 unspecified atom stereocenters. The predicted molar refractivity (Wildman–Crippen MR) is 100 cm³/mol. The summed E-state index contributed by atoms with van der Waals surface area (Å²) in [7, 11) is 1.68. The summed E-state index contributed by atoms with van der Waals surface area (Å²) in [6.45, 7) is 10.2. The fourth-order valence-corrected chi connectivity index (χ4v) is 3.60. The summed E-state index contributed by atoms with van der Waals surface area (Å²) in [6, 6.07) is 9.01. The highest BCUT2D eigenvalue weighted by Gasteiger charge is 2.27. The van der Waals surface area contributed by atoms with Gasteiger partial charge in [-0.1, -0.05) is 0 Å². The molecule has 2 aliphatic rings. The number of nitrogens with one attached hydrogen (secondary N) is 1. The van der Waals surface area contributed by atoms with Crippen LogP contribution in [0.3, 0.4) is 0 Å². The van der Waals surface area contributed by atoms with E-state index in [9.17, 15) is 4.79 Å². The molecule has 2 heterocycles. The monoisotopic (exact) mass is 346 g/mol. The van der Waals surface area contributed by atoms with Gasteiger partial charge in [0.25, 0.3) is 0 Å². The van der Waals surface area contributed by atoms with Gasteiger partial charge in [-0.2, -0.15) is 0 Å². The third-order valence-corrected chi connectivity index (χ3v) is 5.30. The Balaban J connectivity index is 1.50. The van der Waals surface area contributed by atoms with Crippen LogP contribution in [0.2, 0.25) is 0 Å². The lowest BCUT2D eigenvalue weighted by atomic mass is 10.1. The Hall–Kier alpha value is -1.79. The maximum Gasteiger partial charge on any atom is 0.236 e. The van der Waals surface area contributed by atoms with Crippen LogP contribution in [0.15, 0.2) is 24.3 Å². The third-order valence-electron chi connectivity index (χ3n) is 5.30. The average Bonchev–Trinajstić information content (AvgIpc) is 2.65. The highest BCUT2D eigenvalue weighted by molar-refractivity contribution is 5.78. The molecule has 2 fully saturated rings. The number of hydrogen-bond donors (Lipinski definition) is 1. The molecule has 0 bridgehead atoms.